The van der Waals surface area contributed by atoms with Gasteiger partial charge in [0.2, 0.25) is 0 Å². The maximum Gasteiger partial charge on any atom is 0.362 e. The minimum absolute atomic E-state index is 0.0430. The predicted molar refractivity (Wildman–Crippen MR) is 197 cm³/mol. The van der Waals surface area contributed by atoms with E-state index in [-0.39, 0.29) is 42.7 Å². The van der Waals surface area contributed by atoms with E-state index >= 15 is 0 Å². The first-order valence-electron chi connectivity index (χ1n) is 19.0. The fourth-order valence-corrected chi connectivity index (χ4v) is 5.25. The number of carboxylic acids is 1. The second-order valence-corrected chi connectivity index (χ2v) is 13.8. The molecule has 1 N–H and O–H groups in total. The van der Waals surface area contributed by atoms with Gasteiger partial charge in [0.05, 0.1) is 34.4 Å². The summed E-state index contributed by atoms with van der Waals surface area (Å²) in [5.74, 6) is -1.55. The molecule has 8 nitrogen and oxygen atoms in total. The Labute approximate surface area is 293 Å². The third-order valence-electron chi connectivity index (χ3n) is 8.28. The smallest absolute Gasteiger partial charge is 0.362 e. The van der Waals surface area contributed by atoms with Crippen molar-refractivity contribution in [2.24, 2.45) is 0 Å². The molecule has 0 radical (unpaired) electrons. The SMILES string of the molecule is CCCCC/C=C/C/C=C/CCCCCCCCCC(=O)OCC(COCCC(C(=O)O)[N+](C)(C)C)OC(=O)CC/C=C/CCCCC. The lowest BCUT2D eigenvalue weighted by Gasteiger charge is -2.31. The van der Waals surface area contributed by atoms with Gasteiger partial charge >= 0.3 is 17.9 Å². The Morgan fingerprint density at radius 2 is 1.15 bits per heavy atom. The minimum Gasteiger partial charge on any atom is -0.477 e. The van der Waals surface area contributed by atoms with Gasteiger partial charge in [-0.3, -0.25) is 9.59 Å². The van der Waals surface area contributed by atoms with Gasteiger partial charge in [-0.2, -0.15) is 0 Å². The quantitative estimate of drug-likeness (QED) is 0.0319. The predicted octanol–water partition coefficient (Wildman–Crippen LogP) is 9.52. The second kappa shape index (κ2) is 31.8. The number of nitrogens with zero attached hydrogens (tertiary/aromatic N) is 1. The van der Waals surface area contributed by atoms with Crippen LogP contribution in [0.5, 0.6) is 0 Å². The van der Waals surface area contributed by atoms with Crippen LogP contribution in [-0.2, 0) is 28.6 Å². The van der Waals surface area contributed by atoms with Crippen molar-refractivity contribution in [1.29, 1.82) is 0 Å². The number of unbranched alkanes of at least 4 members (excludes halogenated alkanes) is 13. The van der Waals surface area contributed by atoms with Crippen molar-refractivity contribution in [2.45, 2.75) is 161 Å². The van der Waals surface area contributed by atoms with E-state index in [1.807, 2.05) is 27.2 Å². The fourth-order valence-electron chi connectivity index (χ4n) is 5.25. The molecule has 278 valence electrons. The highest BCUT2D eigenvalue weighted by Crippen LogP contribution is 2.12. The maximum absolute atomic E-state index is 12.5. The number of allylic oxidation sites excluding steroid dienone is 6. The zero-order chi connectivity index (χ0) is 35.7. The highest BCUT2D eigenvalue weighted by Gasteiger charge is 2.31. The van der Waals surface area contributed by atoms with Gasteiger partial charge in [0.25, 0.3) is 0 Å². The zero-order valence-electron chi connectivity index (χ0n) is 31.4. The monoisotopic (exact) mass is 679 g/mol. The van der Waals surface area contributed by atoms with Gasteiger partial charge in [-0.1, -0.05) is 108 Å². The summed E-state index contributed by atoms with van der Waals surface area (Å²) >= 11 is 0. The molecule has 2 unspecified atom stereocenters. The van der Waals surface area contributed by atoms with Gasteiger partial charge in [0.1, 0.15) is 6.61 Å². The fraction of sp³-hybridized carbons (Fsp3) is 0.775. The van der Waals surface area contributed by atoms with Gasteiger partial charge in [-0.15, -0.1) is 0 Å². The first kappa shape index (κ1) is 45.6. The van der Waals surface area contributed by atoms with Crippen LogP contribution in [0.1, 0.15) is 149 Å². The first-order chi connectivity index (χ1) is 23.1. The molecule has 2 atom stereocenters. The molecule has 0 amide bonds. The van der Waals surface area contributed by atoms with E-state index < -0.39 is 18.1 Å². The van der Waals surface area contributed by atoms with Gasteiger partial charge < -0.3 is 23.8 Å². The summed E-state index contributed by atoms with van der Waals surface area (Å²) in [7, 11) is 5.49. The van der Waals surface area contributed by atoms with Crippen molar-refractivity contribution in [2.75, 3.05) is 41.0 Å². The molecule has 0 fully saturated rings. The van der Waals surface area contributed by atoms with Gasteiger partial charge in [-0.05, 0) is 57.8 Å². The number of esters is 2. The van der Waals surface area contributed by atoms with Crippen LogP contribution in [0.3, 0.4) is 0 Å². The molecular formula is C40H72NO7+. The Hall–Kier alpha value is -2.45. The molecule has 48 heavy (non-hydrogen) atoms. The van der Waals surface area contributed by atoms with Crippen molar-refractivity contribution >= 4 is 17.9 Å². The second-order valence-electron chi connectivity index (χ2n) is 13.8. The number of carbonyl (C=O) groups is 3. The third-order valence-corrected chi connectivity index (χ3v) is 8.28. The lowest BCUT2D eigenvalue weighted by atomic mass is 10.1. The number of carboxylic acid groups (broad SMARTS) is 1. The lowest BCUT2D eigenvalue weighted by Crippen LogP contribution is -2.50. The van der Waals surface area contributed by atoms with Crippen LogP contribution in [0.25, 0.3) is 0 Å². The first-order valence-corrected chi connectivity index (χ1v) is 19.0. The number of rotatable bonds is 33. The normalized spacial score (nSPS) is 13.4. The average molecular weight is 679 g/mol. The summed E-state index contributed by atoms with van der Waals surface area (Å²) < 4.78 is 17.1. The van der Waals surface area contributed by atoms with Crippen molar-refractivity contribution in [3.05, 3.63) is 36.5 Å². The lowest BCUT2D eigenvalue weighted by molar-refractivity contribution is -0.887. The van der Waals surface area contributed by atoms with Crippen LogP contribution >= 0.6 is 0 Å². The Bertz CT molecular complexity index is 891. The van der Waals surface area contributed by atoms with E-state index in [9.17, 15) is 19.5 Å². The summed E-state index contributed by atoms with van der Waals surface area (Å²) in [5, 5.41) is 9.55. The van der Waals surface area contributed by atoms with E-state index in [0.29, 0.717) is 19.3 Å². The van der Waals surface area contributed by atoms with Crippen LogP contribution in [0.4, 0.5) is 0 Å². The standard InChI is InChI=1S/C40H71NO7/c1-6-8-10-12-14-15-16-17-18-19-20-21-22-23-25-26-28-30-38(42)47-35-36(34-46-33-32-37(40(44)45)41(3,4)5)48-39(43)31-29-27-24-13-11-9-7-2/h14-15,17-18,24,27,36-37H,6-13,16,19-23,25-26,28-35H2,1-5H3/p+1/b15-14+,18-17+,27-24+. The van der Waals surface area contributed by atoms with Gasteiger partial charge in [-0.25, -0.2) is 4.79 Å². The van der Waals surface area contributed by atoms with Gasteiger partial charge in [0, 0.05) is 19.3 Å². The number of quaternary nitrogens is 1. The number of aliphatic carboxylic acids is 1. The van der Waals surface area contributed by atoms with Crippen molar-refractivity contribution < 1.29 is 38.2 Å². The molecule has 0 aliphatic rings. The molecule has 0 bridgehead atoms. The summed E-state index contributed by atoms with van der Waals surface area (Å²) in [5.41, 5.74) is 0. The molecule has 0 rings (SSSR count). The molecule has 0 aromatic carbocycles. The van der Waals surface area contributed by atoms with E-state index in [1.165, 1.54) is 64.2 Å². The largest absolute Gasteiger partial charge is 0.477 e. The molecule has 0 spiro atoms. The van der Waals surface area contributed by atoms with Crippen LogP contribution in [-0.4, -0.2) is 80.6 Å². The molecule has 0 aliphatic carbocycles. The third kappa shape index (κ3) is 29.7. The van der Waals surface area contributed by atoms with Crippen molar-refractivity contribution in [3.8, 4) is 0 Å². The molecule has 0 aliphatic heterocycles. The summed E-state index contributed by atoms with van der Waals surface area (Å²) in [6.07, 6.45) is 33.6. The summed E-state index contributed by atoms with van der Waals surface area (Å²) in [4.78, 5) is 36.6. The van der Waals surface area contributed by atoms with Crippen LogP contribution in [0.2, 0.25) is 0 Å². The maximum atomic E-state index is 12.5. The van der Waals surface area contributed by atoms with E-state index in [1.54, 1.807) is 0 Å². The minimum atomic E-state index is -0.884. The van der Waals surface area contributed by atoms with Crippen LogP contribution in [0.15, 0.2) is 36.5 Å². The van der Waals surface area contributed by atoms with Crippen LogP contribution < -0.4 is 0 Å². The highest BCUT2D eigenvalue weighted by atomic mass is 16.6. The Kier molecular flexibility index (Phi) is 30.2. The molecule has 0 aromatic heterocycles. The molecule has 0 heterocycles. The summed E-state index contributed by atoms with van der Waals surface area (Å²) in [6.45, 7) is 4.58. The van der Waals surface area contributed by atoms with Gasteiger partial charge in [0.15, 0.2) is 12.1 Å². The number of ether oxygens (including phenoxy) is 3. The highest BCUT2D eigenvalue weighted by molar-refractivity contribution is 5.72. The topological polar surface area (TPSA) is 99.1 Å². The Morgan fingerprint density at radius 1 is 0.625 bits per heavy atom. The number of likely N-dealkylation sites (N-methyl/N-ethyl adjacent to an activating group) is 1. The molecule has 0 aromatic rings. The van der Waals surface area contributed by atoms with E-state index in [4.69, 9.17) is 14.2 Å². The van der Waals surface area contributed by atoms with E-state index in [2.05, 4.69) is 44.2 Å². The number of hydrogen-bond acceptors (Lipinski definition) is 6. The van der Waals surface area contributed by atoms with Crippen LogP contribution in [0, 0.1) is 0 Å². The molecule has 0 saturated heterocycles. The molecular weight excluding hydrogens is 606 g/mol. The van der Waals surface area contributed by atoms with Crippen molar-refractivity contribution in [1.82, 2.24) is 0 Å². The molecule has 8 heteroatoms. The Balaban J connectivity index is 4.33. The summed E-state index contributed by atoms with van der Waals surface area (Å²) in [6, 6.07) is -0.618. The van der Waals surface area contributed by atoms with E-state index in [0.717, 1.165) is 44.9 Å². The number of hydrogen-bond donors (Lipinski definition) is 1. The Morgan fingerprint density at radius 3 is 1.71 bits per heavy atom. The molecule has 0 saturated carbocycles. The van der Waals surface area contributed by atoms with Crippen molar-refractivity contribution in [3.63, 3.8) is 0 Å². The average Bonchev–Trinajstić information content (AvgIpc) is 3.03. The zero-order valence-corrected chi connectivity index (χ0v) is 31.4. The number of carbonyl (C=O) groups excluding carboxylic acids is 2.